The smallest absolute Gasteiger partial charge is 0.281 e. The summed E-state index contributed by atoms with van der Waals surface area (Å²) >= 11 is 1.27. The Labute approximate surface area is 124 Å². The van der Waals surface area contributed by atoms with Gasteiger partial charge in [-0.15, -0.1) is 11.3 Å². The van der Waals surface area contributed by atoms with Gasteiger partial charge in [0.05, 0.1) is 5.69 Å². The van der Waals surface area contributed by atoms with Crippen molar-refractivity contribution in [3.63, 3.8) is 0 Å². The highest BCUT2D eigenvalue weighted by molar-refractivity contribution is 7.92. The van der Waals surface area contributed by atoms with E-state index >= 15 is 0 Å². The Kier molecular flexibility index (Phi) is 3.10. The minimum atomic E-state index is -3.97. The molecule has 3 aromatic rings. The lowest BCUT2D eigenvalue weighted by atomic mass is 10.2. The highest BCUT2D eigenvalue weighted by Crippen LogP contribution is 2.27. The molecular formula is C12H11FN4O2S2. The van der Waals surface area contributed by atoms with Crippen LogP contribution in [0.4, 0.5) is 15.9 Å². The van der Waals surface area contributed by atoms with E-state index in [1.165, 1.54) is 40.9 Å². The van der Waals surface area contributed by atoms with E-state index in [2.05, 4.69) is 9.71 Å². The van der Waals surface area contributed by atoms with Crippen molar-refractivity contribution in [3.8, 4) is 0 Å². The highest BCUT2D eigenvalue weighted by Gasteiger charge is 2.25. The van der Waals surface area contributed by atoms with Crippen LogP contribution in [0.3, 0.4) is 0 Å². The minimum absolute atomic E-state index is 0.0941. The molecule has 9 heteroatoms. The summed E-state index contributed by atoms with van der Waals surface area (Å²) in [5.41, 5.74) is 6.07. The lowest BCUT2D eigenvalue weighted by Gasteiger charge is -2.10. The van der Waals surface area contributed by atoms with Gasteiger partial charge in [-0.1, -0.05) is 6.07 Å². The molecule has 0 saturated heterocycles. The number of sulfonamides is 1. The standard InChI is InChI=1S/C12H11FN4O2S2/c1-7-8(13)3-2-4-9(7)16-21(18,19)11-10(14)15-12-17(11)5-6-20-12/h2-6,16H,14H2,1H3. The highest BCUT2D eigenvalue weighted by atomic mass is 32.2. The molecule has 0 aliphatic heterocycles. The molecule has 0 fully saturated rings. The molecule has 0 amide bonds. The first-order chi connectivity index (χ1) is 9.90. The Balaban J connectivity index is 2.11. The molecule has 21 heavy (non-hydrogen) atoms. The van der Waals surface area contributed by atoms with Crippen molar-refractivity contribution in [2.75, 3.05) is 10.5 Å². The largest absolute Gasteiger partial charge is 0.381 e. The number of aromatic nitrogens is 2. The van der Waals surface area contributed by atoms with Crippen LogP contribution in [0.2, 0.25) is 0 Å². The summed E-state index contributed by atoms with van der Waals surface area (Å²) in [5, 5.41) is 1.55. The van der Waals surface area contributed by atoms with E-state index in [1.54, 1.807) is 11.6 Å². The minimum Gasteiger partial charge on any atom is -0.381 e. The molecule has 2 aromatic heterocycles. The third-order valence-corrected chi connectivity index (χ3v) is 5.17. The number of benzene rings is 1. The van der Waals surface area contributed by atoms with Crippen molar-refractivity contribution in [2.45, 2.75) is 11.9 Å². The van der Waals surface area contributed by atoms with E-state index in [-0.39, 0.29) is 22.1 Å². The van der Waals surface area contributed by atoms with Crippen molar-refractivity contribution < 1.29 is 12.8 Å². The number of nitrogens with two attached hydrogens (primary N) is 1. The van der Waals surface area contributed by atoms with E-state index in [4.69, 9.17) is 5.73 Å². The normalized spacial score (nSPS) is 11.9. The second-order valence-corrected chi connectivity index (χ2v) is 6.85. The average molecular weight is 326 g/mol. The van der Waals surface area contributed by atoms with Crippen LogP contribution in [0.15, 0.2) is 34.8 Å². The second-order valence-electron chi connectivity index (χ2n) is 4.38. The Morgan fingerprint density at radius 1 is 1.43 bits per heavy atom. The zero-order valence-corrected chi connectivity index (χ0v) is 12.5. The first kappa shape index (κ1) is 13.8. The number of thiazole rings is 1. The number of anilines is 2. The molecular weight excluding hydrogens is 315 g/mol. The number of nitrogens with one attached hydrogen (secondary N) is 1. The average Bonchev–Trinajstić information content (AvgIpc) is 2.94. The molecule has 0 aliphatic rings. The van der Waals surface area contributed by atoms with E-state index < -0.39 is 15.8 Å². The number of hydrogen-bond acceptors (Lipinski definition) is 5. The van der Waals surface area contributed by atoms with Gasteiger partial charge >= 0.3 is 0 Å². The van der Waals surface area contributed by atoms with Gasteiger partial charge in [0.1, 0.15) is 5.82 Å². The molecule has 0 unspecified atom stereocenters. The molecule has 2 heterocycles. The molecule has 1 aromatic carbocycles. The predicted octanol–water partition coefficient (Wildman–Crippen LogP) is 2.23. The van der Waals surface area contributed by atoms with Crippen LogP contribution in [0.1, 0.15) is 5.56 Å². The predicted molar refractivity (Wildman–Crippen MR) is 79.4 cm³/mol. The fraction of sp³-hybridized carbons (Fsp3) is 0.0833. The first-order valence-corrected chi connectivity index (χ1v) is 8.25. The van der Waals surface area contributed by atoms with Crippen molar-refractivity contribution in [3.05, 3.63) is 41.2 Å². The molecule has 0 bridgehead atoms. The summed E-state index contributed by atoms with van der Waals surface area (Å²) in [4.78, 5) is 4.46. The van der Waals surface area contributed by atoms with Gasteiger partial charge in [0.2, 0.25) is 5.03 Å². The number of fused-ring (bicyclic) bond motifs is 1. The van der Waals surface area contributed by atoms with E-state index in [0.717, 1.165) is 0 Å². The molecule has 0 aliphatic carbocycles. The van der Waals surface area contributed by atoms with Crippen LogP contribution >= 0.6 is 11.3 Å². The molecule has 0 radical (unpaired) electrons. The monoisotopic (exact) mass is 326 g/mol. The van der Waals surface area contributed by atoms with E-state index in [0.29, 0.717) is 4.96 Å². The van der Waals surface area contributed by atoms with Crippen LogP contribution in [-0.2, 0) is 10.0 Å². The Hall–Kier alpha value is -2.13. The zero-order valence-electron chi connectivity index (χ0n) is 10.9. The zero-order chi connectivity index (χ0) is 15.2. The maximum Gasteiger partial charge on any atom is 0.281 e. The van der Waals surface area contributed by atoms with Gasteiger partial charge in [-0.3, -0.25) is 9.12 Å². The van der Waals surface area contributed by atoms with Crippen molar-refractivity contribution in [1.82, 2.24) is 9.38 Å². The molecule has 110 valence electrons. The number of nitrogen functional groups attached to an aromatic ring is 1. The summed E-state index contributed by atoms with van der Waals surface area (Å²) < 4.78 is 42.2. The quantitative estimate of drug-likeness (QED) is 0.772. The van der Waals surface area contributed by atoms with Gasteiger partial charge in [-0.05, 0) is 19.1 Å². The Bertz CT molecular complexity index is 930. The lowest BCUT2D eigenvalue weighted by molar-refractivity contribution is 0.597. The number of hydrogen-bond donors (Lipinski definition) is 2. The first-order valence-electron chi connectivity index (χ1n) is 5.89. The lowest BCUT2D eigenvalue weighted by Crippen LogP contribution is -2.17. The number of halogens is 1. The fourth-order valence-corrected chi connectivity index (χ4v) is 4.07. The summed E-state index contributed by atoms with van der Waals surface area (Å²) in [7, 11) is -3.97. The third-order valence-electron chi connectivity index (χ3n) is 3.01. The SMILES string of the molecule is Cc1c(F)cccc1NS(=O)(=O)c1c(N)nc2sccn12. The summed E-state index contributed by atoms with van der Waals surface area (Å²) in [6.07, 6.45) is 1.57. The third kappa shape index (κ3) is 2.24. The van der Waals surface area contributed by atoms with E-state index in [9.17, 15) is 12.8 Å². The van der Waals surface area contributed by atoms with Gasteiger partial charge in [0.15, 0.2) is 10.8 Å². The van der Waals surface area contributed by atoms with Crippen molar-refractivity contribution in [1.29, 1.82) is 0 Å². The molecule has 3 N–H and O–H groups in total. The van der Waals surface area contributed by atoms with Crippen LogP contribution in [0.25, 0.3) is 4.96 Å². The van der Waals surface area contributed by atoms with Crippen LogP contribution < -0.4 is 10.5 Å². The van der Waals surface area contributed by atoms with Crippen LogP contribution in [-0.4, -0.2) is 17.8 Å². The number of rotatable bonds is 3. The summed E-state index contributed by atoms with van der Waals surface area (Å²) in [6, 6.07) is 4.18. The van der Waals surface area contributed by atoms with Gasteiger partial charge in [0, 0.05) is 17.1 Å². The maximum atomic E-state index is 13.5. The number of imidazole rings is 1. The van der Waals surface area contributed by atoms with Gasteiger partial charge < -0.3 is 5.73 Å². The van der Waals surface area contributed by atoms with Crippen LogP contribution in [0, 0.1) is 12.7 Å². The Morgan fingerprint density at radius 2 is 2.19 bits per heavy atom. The fourth-order valence-electron chi connectivity index (χ4n) is 1.96. The molecule has 6 nitrogen and oxygen atoms in total. The molecule has 3 rings (SSSR count). The van der Waals surface area contributed by atoms with Crippen LogP contribution in [0.5, 0.6) is 0 Å². The molecule has 0 spiro atoms. The number of nitrogens with zero attached hydrogens (tertiary/aromatic N) is 2. The van der Waals surface area contributed by atoms with Gasteiger partial charge in [-0.2, -0.15) is 8.42 Å². The maximum absolute atomic E-state index is 13.5. The topological polar surface area (TPSA) is 89.5 Å². The second kappa shape index (κ2) is 4.71. The van der Waals surface area contributed by atoms with Gasteiger partial charge in [-0.25, -0.2) is 9.37 Å². The summed E-state index contributed by atoms with van der Waals surface area (Å²) in [6.45, 7) is 1.49. The molecule has 0 atom stereocenters. The molecule has 0 saturated carbocycles. The van der Waals surface area contributed by atoms with Gasteiger partial charge in [0.25, 0.3) is 10.0 Å². The van der Waals surface area contributed by atoms with Crippen molar-refractivity contribution >= 4 is 37.8 Å². The van der Waals surface area contributed by atoms with Crippen molar-refractivity contribution in [2.24, 2.45) is 0 Å². The summed E-state index contributed by atoms with van der Waals surface area (Å²) in [5.74, 6) is -0.583. The van der Waals surface area contributed by atoms with E-state index in [1.807, 2.05) is 0 Å². The Morgan fingerprint density at radius 3 is 2.95 bits per heavy atom.